The summed E-state index contributed by atoms with van der Waals surface area (Å²) >= 11 is 7.25. The van der Waals surface area contributed by atoms with Crippen LogP contribution in [0.4, 0.5) is 0 Å². The van der Waals surface area contributed by atoms with Gasteiger partial charge in [-0.2, -0.15) is 0 Å². The number of aromatic nitrogens is 1. The Morgan fingerprint density at radius 2 is 2.22 bits per heavy atom. The zero-order valence-corrected chi connectivity index (χ0v) is 13.6. The van der Waals surface area contributed by atoms with Crippen molar-refractivity contribution in [2.45, 2.75) is 38.8 Å². The van der Waals surface area contributed by atoms with Crippen LogP contribution in [0.5, 0.6) is 0 Å². The minimum absolute atomic E-state index is 0.254. The summed E-state index contributed by atoms with van der Waals surface area (Å²) in [5, 5.41) is 7.05. The highest BCUT2D eigenvalue weighted by molar-refractivity contribution is 9.10. The van der Waals surface area contributed by atoms with Crippen LogP contribution in [0.3, 0.4) is 0 Å². The molecule has 18 heavy (non-hydrogen) atoms. The summed E-state index contributed by atoms with van der Waals surface area (Å²) in [7, 11) is 0. The van der Waals surface area contributed by atoms with Crippen molar-refractivity contribution in [3.63, 3.8) is 0 Å². The second-order valence-corrected chi connectivity index (χ2v) is 7.74. The molecule has 0 amide bonds. The molecule has 0 bridgehead atoms. The van der Waals surface area contributed by atoms with Crippen molar-refractivity contribution in [2.24, 2.45) is 0 Å². The van der Waals surface area contributed by atoms with Crippen LogP contribution in [0.15, 0.2) is 15.9 Å². The molecular weight excluding hydrogens is 328 g/mol. The van der Waals surface area contributed by atoms with Crippen LogP contribution in [-0.4, -0.2) is 11.0 Å². The number of thiazole rings is 1. The fraction of sp³-hybridized carbons (Fsp3) is 0.462. The van der Waals surface area contributed by atoms with Gasteiger partial charge >= 0.3 is 0 Å². The van der Waals surface area contributed by atoms with E-state index in [1.807, 2.05) is 11.3 Å². The van der Waals surface area contributed by atoms with E-state index in [0.717, 1.165) is 5.69 Å². The van der Waals surface area contributed by atoms with Crippen molar-refractivity contribution in [1.82, 2.24) is 10.3 Å². The average molecular weight is 343 g/mol. The lowest BCUT2D eigenvalue weighted by Gasteiger charge is -2.15. The van der Waals surface area contributed by atoms with Crippen molar-refractivity contribution in [3.8, 4) is 0 Å². The first-order chi connectivity index (χ1) is 8.65. The third kappa shape index (κ3) is 2.54. The quantitative estimate of drug-likeness (QED) is 0.889. The first-order valence-electron chi connectivity index (χ1n) is 6.08. The van der Waals surface area contributed by atoms with Crippen molar-refractivity contribution < 1.29 is 0 Å². The summed E-state index contributed by atoms with van der Waals surface area (Å²) in [5.41, 5.74) is 1.16. The normalized spacial score (nSPS) is 17.1. The lowest BCUT2D eigenvalue weighted by Crippen LogP contribution is -2.23. The monoisotopic (exact) mass is 342 g/mol. The summed E-state index contributed by atoms with van der Waals surface area (Å²) < 4.78 is 1.19. The van der Waals surface area contributed by atoms with E-state index in [4.69, 9.17) is 4.98 Å². The number of nitrogens with zero attached hydrogens (tertiary/aromatic N) is 1. The second-order valence-electron chi connectivity index (χ2n) is 4.70. The van der Waals surface area contributed by atoms with Crippen LogP contribution in [0, 0.1) is 13.8 Å². The molecule has 2 aromatic heterocycles. The molecule has 1 atom stereocenters. The standard InChI is InChI=1S/C13H15BrN2S2/c1-7-8(2)18-13(15-7)11(16-9-3-4-9)12-10(14)5-6-17-12/h5-6,9,11,16H,3-4H2,1-2H3. The molecule has 0 spiro atoms. The van der Waals surface area contributed by atoms with Gasteiger partial charge in [0, 0.05) is 20.3 Å². The maximum atomic E-state index is 4.73. The lowest BCUT2D eigenvalue weighted by molar-refractivity contribution is 0.603. The molecule has 1 aliphatic rings. The van der Waals surface area contributed by atoms with Crippen LogP contribution >= 0.6 is 38.6 Å². The van der Waals surface area contributed by atoms with Gasteiger partial charge in [-0.05, 0) is 54.1 Å². The van der Waals surface area contributed by atoms with Crippen LogP contribution in [0.25, 0.3) is 0 Å². The Morgan fingerprint density at radius 1 is 1.44 bits per heavy atom. The van der Waals surface area contributed by atoms with Gasteiger partial charge in [0.15, 0.2) is 0 Å². The highest BCUT2D eigenvalue weighted by Crippen LogP contribution is 2.37. The van der Waals surface area contributed by atoms with E-state index in [9.17, 15) is 0 Å². The number of thiophene rings is 1. The van der Waals surface area contributed by atoms with Gasteiger partial charge < -0.3 is 5.32 Å². The molecule has 0 aromatic carbocycles. The number of rotatable bonds is 4. The van der Waals surface area contributed by atoms with Crippen LogP contribution in [0.1, 0.15) is 39.3 Å². The van der Waals surface area contributed by atoms with Crippen molar-refractivity contribution in [2.75, 3.05) is 0 Å². The molecular formula is C13H15BrN2S2. The Morgan fingerprint density at radius 3 is 2.72 bits per heavy atom. The molecule has 1 N–H and O–H groups in total. The maximum absolute atomic E-state index is 4.73. The summed E-state index contributed by atoms with van der Waals surface area (Å²) in [6.45, 7) is 4.24. The van der Waals surface area contributed by atoms with E-state index < -0.39 is 0 Å². The summed E-state index contributed by atoms with van der Waals surface area (Å²) in [4.78, 5) is 7.39. The molecule has 1 fully saturated rings. The lowest BCUT2D eigenvalue weighted by atomic mass is 10.2. The van der Waals surface area contributed by atoms with E-state index in [0.29, 0.717) is 6.04 Å². The van der Waals surface area contributed by atoms with Gasteiger partial charge in [0.1, 0.15) is 5.01 Å². The Balaban J connectivity index is 1.96. The van der Waals surface area contributed by atoms with Gasteiger partial charge in [-0.15, -0.1) is 22.7 Å². The largest absolute Gasteiger partial charge is 0.301 e. The Labute approximate surface area is 124 Å². The fourth-order valence-corrected chi connectivity index (χ4v) is 4.61. The van der Waals surface area contributed by atoms with Gasteiger partial charge in [-0.25, -0.2) is 4.98 Å². The van der Waals surface area contributed by atoms with E-state index in [1.54, 1.807) is 11.3 Å². The van der Waals surface area contributed by atoms with E-state index in [2.05, 4.69) is 46.5 Å². The molecule has 0 radical (unpaired) electrons. The van der Waals surface area contributed by atoms with Gasteiger partial charge in [0.05, 0.1) is 11.7 Å². The smallest absolute Gasteiger partial charge is 0.116 e. The molecule has 96 valence electrons. The molecule has 1 saturated carbocycles. The first kappa shape index (κ1) is 12.8. The molecule has 2 heterocycles. The summed E-state index contributed by atoms with van der Waals surface area (Å²) in [6.07, 6.45) is 2.59. The molecule has 1 aliphatic carbocycles. The Kier molecular flexibility index (Phi) is 3.58. The number of aryl methyl sites for hydroxylation is 2. The van der Waals surface area contributed by atoms with Gasteiger partial charge in [-0.3, -0.25) is 0 Å². The molecule has 2 nitrogen and oxygen atoms in total. The average Bonchev–Trinajstić information content (AvgIpc) is 2.97. The van der Waals surface area contributed by atoms with E-state index >= 15 is 0 Å². The minimum atomic E-state index is 0.254. The highest BCUT2D eigenvalue weighted by atomic mass is 79.9. The van der Waals surface area contributed by atoms with Gasteiger partial charge in [0.25, 0.3) is 0 Å². The zero-order valence-electron chi connectivity index (χ0n) is 10.4. The maximum Gasteiger partial charge on any atom is 0.116 e. The van der Waals surface area contributed by atoms with Crippen LogP contribution in [0.2, 0.25) is 0 Å². The third-order valence-electron chi connectivity index (χ3n) is 3.18. The molecule has 0 aliphatic heterocycles. The number of halogens is 1. The first-order valence-corrected chi connectivity index (χ1v) is 8.57. The molecule has 3 rings (SSSR count). The molecule has 1 unspecified atom stereocenters. The highest BCUT2D eigenvalue weighted by Gasteiger charge is 2.29. The fourth-order valence-electron chi connectivity index (χ4n) is 1.88. The van der Waals surface area contributed by atoms with E-state index in [-0.39, 0.29) is 6.04 Å². The van der Waals surface area contributed by atoms with Gasteiger partial charge in [-0.1, -0.05) is 0 Å². The summed E-state index contributed by atoms with van der Waals surface area (Å²) in [6, 6.07) is 3.05. The molecule has 2 aromatic rings. The zero-order chi connectivity index (χ0) is 12.7. The predicted molar refractivity (Wildman–Crippen MR) is 81.6 cm³/mol. The number of hydrogen-bond acceptors (Lipinski definition) is 4. The number of nitrogens with one attached hydrogen (secondary N) is 1. The van der Waals surface area contributed by atoms with Crippen molar-refractivity contribution >= 4 is 38.6 Å². The van der Waals surface area contributed by atoms with Gasteiger partial charge in [0.2, 0.25) is 0 Å². The molecule has 0 saturated heterocycles. The Hall–Kier alpha value is -0.230. The van der Waals surface area contributed by atoms with Crippen LogP contribution in [-0.2, 0) is 0 Å². The van der Waals surface area contributed by atoms with E-state index in [1.165, 1.54) is 32.1 Å². The SMILES string of the molecule is Cc1nc(C(NC2CC2)c2sccc2Br)sc1C. The van der Waals surface area contributed by atoms with Crippen molar-refractivity contribution in [1.29, 1.82) is 0 Å². The summed E-state index contributed by atoms with van der Waals surface area (Å²) in [5.74, 6) is 0. The van der Waals surface area contributed by atoms with Crippen molar-refractivity contribution in [3.05, 3.63) is 36.4 Å². The molecule has 5 heteroatoms. The van der Waals surface area contributed by atoms with Crippen LogP contribution < -0.4 is 5.32 Å². The predicted octanol–water partition coefficient (Wildman–Crippen LogP) is 4.43. The number of hydrogen-bond donors (Lipinski definition) is 1. The minimum Gasteiger partial charge on any atom is -0.301 e. The second kappa shape index (κ2) is 5.04. The third-order valence-corrected chi connectivity index (χ3v) is 6.25. The Bertz CT molecular complexity index is 538. The topological polar surface area (TPSA) is 24.9 Å².